The molecule has 3 aromatic heterocycles. The zero-order valence-corrected chi connectivity index (χ0v) is 42.2. The van der Waals surface area contributed by atoms with Gasteiger partial charge in [0.2, 0.25) is 17.8 Å². The van der Waals surface area contributed by atoms with Crippen molar-refractivity contribution in [3.63, 3.8) is 0 Å². The van der Waals surface area contributed by atoms with Crippen molar-refractivity contribution in [2.45, 2.75) is 77.8 Å². The van der Waals surface area contributed by atoms with Crippen LogP contribution in [0.5, 0.6) is 5.75 Å². The molecule has 69 heavy (non-hydrogen) atoms. The number of pyridine rings is 1. The summed E-state index contributed by atoms with van der Waals surface area (Å²) in [4.78, 5) is 58.8. The maximum atomic E-state index is 15.6. The molecule has 1 unspecified atom stereocenters. The molecular weight excluding hydrogens is 966 g/mol. The average molecular weight is 1030 g/mol. The predicted octanol–water partition coefficient (Wildman–Crippen LogP) is 7.90. The predicted molar refractivity (Wildman–Crippen MR) is 272 cm³/mol. The number of ether oxygens (including phenoxy) is 1. The summed E-state index contributed by atoms with van der Waals surface area (Å²) < 4.78 is 43.3. The topological polar surface area (TPSA) is 180 Å². The molecule has 0 radical (unpaired) electrons. The summed E-state index contributed by atoms with van der Waals surface area (Å²) in [6.07, 6.45) is 6.33. The van der Waals surface area contributed by atoms with Gasteiger partial charge in [-0.25, -0.2) is 19.2 Å². The van der Waals surface area contributed by atoms with Gasteiger partial charge in [-0.2, -0.15) is 4.98 Å². The van der Waals surface area contributed by atoms with E-state index in [1.165, 1.54) is 16.2 Å². The van der Waals surface area contributed by atoms with Gasteiger partial charge in [-0.3, -0.25) is 24.4 Å². The number of carbonyl (C=O) groups excluding carboxylic acids is 2. The Hall–Kier alpha value is -5.68. The fraction of sp³-hybridized carbons (Fsp3) is 0.440. The molecule has 2 amide bonds. The third-order valence-corrected chi connectivity index (χ3v) is 15.8. The number of aryl methyl sites for hydroxylation is 2. The number of piperidine rings is 2. The van der Waals surface area contributed by atoms with E-state index in [-0.39, 0.29) is 24.3 Å². The highest BCUT2D eigenvalue weighted by Crippen LogP contribution is 2.43. The number of carbonyl (C=O) groups is 2. The van der Waals surface area contributed by atoms with Gasteiger partial charge in [-0.1, -0.05) is 32.0 Å². The first-order valence-corrected chi connectivity index (χ1v) is 27.3. The van der Waals surface area contributed by atoms with Gasteiger partial charge in [0.25, 0.3) is 0 Å². The van der Waals surface area contributed by atoms with E-state index in [2.05, 4.69) is 75.6 Å². The molecular formula is C50H59BrFN10O6P. The Labute approximate surface area is 408 Å². The minimum absolute atomic E-state index is 0.181. The second-order valence-corrected chi connectivity index (χ2v) is 22.4. The minimum atomic E-state index is -2.93. The highest BCUT2D eigenvalue weighted by Gasteiger charge is 2.33. The molecule has 3 fully saturated rings. The van der Waals surface area contributed by atoms with Crippen LogP contribution in [-0.2, 0) is 33.4 Å². The molecule has 3 saturated heterocycles. The molecule has 1 atom stereocenters. The molecule has 6 aromatic rings. The van der Waals surface area contributed by atoms with E-state index in [0.717, 1.165) is 87.7 Å². The van der Waals surface area contributed by atoms with Crippen molar-refractivity contribution in [2.75, 3.05) is 81.3 Å². The molecule has 0 spiro atoms. The Balaban J connectivity index is 0.833. The number of halogens is 2. The summed E-state index contributed by atoms with van der Waals surface area (Å²) in [5.74, 6) is -0.531. The lowest BCUT2D eigenvalue weighted by Crippen LogP contribution is -2.53. The lowest BCUT2D eigenvalue weighted by molar-refractivity contribution is -0.135. The number of oxazole rings is 1. The Bertz CT molecular complexity index is 3030. The lowest BCUT2D eigenvalue weighted by atomic mass is 9.99. The number of hydrogen-bond acceptors (Lipinski definition) is 14. The van der Waals surface area contributed by atoms with E-state index in [0.29, 0.717) is 75.0 Å². The first kappa shape index (κ1) is 48.3. The second-order valence-electron chi connectivity index (χ2n) is 18.4. The van der Waals surface area contributed by atoms with E-state index in [1.54, 1.807) is 31.7 Å². The second kappa shape index (κ2) is 20.3. The standard InChI is InChI=1S/C50H59BrFN10O6P/c1-6-30-26-37(56-49-53-29-35(51)47(58-49)55-38-27-36(52)44-34(46(38)69(4,5)66)13-12-32(7-2)54-44)42(67-8-3)28-41(30)61-20-17-33(18-21-61)60-24-22-59(23-25-60)19-16-31-10-9-11-39-45(31)68-50(65)62(39)40-14-15-43(63)57-48(40)64/h9-13,26-29,33,40H,6-8,14-25H2,1-5H3,(H,57,63,64)(H2,53,55,56,58). The van der Waals surface area contributed by atoms with E-state index >= 15 is 4.39 Å². The molecule has 364 valence electrons. The van der Waals surface area contributed by atoms with Gasteiger partial charge in [0.15, 0.2) is 11.4 Å². The van der Waals surface area contributed by atoms with Crippen LogP contribution >= 0.6 is 23.1 Å². The molecule has 0 bridgehead atoms. The average Bonchev–Trinajstić information content (AvgIpc) is 3.67. The monoisotopic (exact) mass is 1020 g/mol. The molecule has 9 rings (SSSR count). The van der Waals surface area contributed by atoms with E-state index < -0.39 is 30.7 Å². The van der Waals surface area contributed by atoms with Crippen LogP contribution in [0.15, 0.2) is 68.4 Å². The van der Waals surface area contributed by atoms with Crippen molar-refractivity contribution >= 4 is 91.0 Å². The number of aromatic nitrogens is 4. The molecule has 3 aliphatic rings. The zero-order valence-electron chi connectivity index (χ0n) is 39.7. The summed E-state index contributed by atoms with van der Waals surface area (Å²) in [5, 5.41) is 10.0. The van der Waals surface area contributed by atoms with E-state index in [4.69, 9.17) is 14.1 Å². The van der Waals surface area contributed by atoms with Crippen molar-refractivity contribution < 1.29 is 27.7 Å². The molecule has 19 heteroatoms. The first-order valence-electron chi connectivity index (χ1n) is 23.9. The Morgan fingerprint density at radius 2 is 1.70 bits per heavy atom. The third kappa shape index (κ3) is 10.2. The van der Waals surface area contributed by atoms with Gasteiger partial charge in [0.1, 0.15) is 30.3 Å². The zero-order chi connectivity index (χ0) is 48.6. The molecule has 3 aliphatic heterocycles. The fourth-order valence-corrected chi connectivity index (χ4v) is 11.9. The Kier molecular flexibility index (Phi) is 14.3. The quantitative estimate of drug-likeness (QED) is 0.0668. The van der Waals surface area contributed by atoms with Crippen LogP contribution in [0.25, 0.3) is 22.0 Å². The van der Waals surface area contributed by atoms with Gasteiger partial charge < -0.3 is 34.2 Å². The van der Waals surface area contributed by atoms with Crippen LogP contribution in [0.1, 0.15) is 69.3 Å². The highest BCUT2D eigenvalue weighted by molar-refractivity contribution is 9.10. The van der Waals surface area contributed by atoms with Gasteiger partial charge in [-0.15, -0.1) is 0 Å². The number of amides is 2. The minimum Gasteiger partial charge on any atom is -0.492 e. The number of benzene rings is 3. The number of imide groups is 1. The fourth-order valence-electron chi connectivity index (χ4n) is 10.1. The summed E-state index contributed by atoms with van der Waals surface area (Å²) in [5.41, 5.74) is 6.37. The van der Waals surface area contributed by atoms with E-state index in [1.807, 2.05) is 32.0 Å². The Morgan fingerprint density at radius 3 is 2.41 bits per heavy atom. The van der Waals surface area contributed by atoms with Crippen molar-refractivity contribution in [1.82, 2.24) is 34.6 Å². The van der Waals surface area contributed by atoms with Crippen LogP contribution < -0.4 is 36.6 Å². The third-order valence-electron chi connectivity index (χ3n) is 13.6. The van der Waals surface area contributed by atoms with Crippen molar-refractivity contribution in [3.8, 4) is 5.75 Å². The maximum absolute atomic E-state index is 15.6. The number of nitrogens with zero attached hydrogens (tertiary/aromatic N) is 7. The van der Waals surface area contributed by atoms with Crippen molar-refractivity contribution in [2.24, 2.45) is 0 Å². The molecule has 0 saturated carbocycles. The first-order chi connectivity index (χ1) is 33.2. The number of rotatable bonds is 15. The number of piperazine rings is 1. The van der Waals surface area contributed by atoms with Crippen LogP contribution in [0.3, 0.4) is 0 Å². The lowest BCUT2D eigenvalue weighted by Gasteiger charge is -2.43. The molecule has 16 nitrogen and oxygen atoms in total. The van der Waals surface area contributed by atoms with Crippen LogP contribution in [0, 0.1) is 5.82 Å². The van der Waals surface area contributed by atoms with Gasteiger partial charge >= 0.3 is 5.76 Å². The number of anilines is 5. The summed E-state index contributed by atoms with van der Waals surface area (Å²) in [6, 6.07) is 14.6. The summed E-state index contributed by atoms with van der Waals surface area (Å²) in [6.45, 7) is 16.4. The summed E-state index contributed by atoms with van der Waals surface area (Å²) >= 11 is 3.57. The SMILES string of the molecule is CCOc1cc(N2CCC(N3CCN(CCc4cccc5c4oc(=O)n5C4CCC(=O)NC4=O)CC3)CC2)c(CC)cc1Nc1ncc(Br)c(Nc2cc(F)c3nc(CC)ccc3c2P(C)(C)=O)n1. The summed E-state index contributed by atoms with van der Waals surface area (Å²) in [7, 11) is -2.93. The molecule has 0 aliphatic carbocycles. The van der Waals surface area contributed by atoms with Crippen molar-refractivity contribution in [1.29, 1.82) is 0 Å². The Morgan fingerprint density at radius 1 is 0.913 bits per heavy atom. The smallest absolute Gasteiger partial charge is 0.420 e. The normalized spacial score (nSPS) is 17.7. The van der Waals surface area contributed by atoms with Crippen LogP contribution in [-0.4, -0.2) is 113 Å². The van der Waals surface area contributed by atoms with Gasteiger partial charge in [0, 0.05) is 98.7 Å². The maximum Gasteiger partial charge on any atom is 0.420 e. The number of nitrogens with one attached hydrogen (secondary N) is 3. The van der Waals surface area contributed by atoms with Crippen LogP contribution in [0.2, 0.25) is 0 Å². The highest BCUT2D eigenvalue weighted by atomic mass is 79.9. The van der Waals surface area contributed by atoms with Crippen LogP contribution in [0.4, 0.5) is 33.2 Å². The van der Waals surface area contributed by atoms with Crippen molar-refractivity contribution in [3.05, 3.63) is 92.4 Å². The van der Waals surface area contributed by atoms with Gasteiger partial charge in [-0.05, 0) is 104 Å². The number of para-hydroxylation sites is 1. The molecule has 6 heterocycles. The molecule has 3 N–H and O–H groups in total. The van der Waals surface area contributed by atoms with E-state index in [9.17, 15) is 18.9 Å². The largest absolute Gasteiger partial charge is 0.492 e. The van der Waals surface area contributed by atoms with Gasteiger partial charge in [0.05, 0.1) is 28.0 Å². The molecule has 3 aromatic carbocycles. The number of fused-ring (bicyclic) bond motifs is 2. The number of hydrogen-bond donors (Lipinski definition) is 3.